The van der Waals surface area contributed by atoms with Crippen LogP contribution in [0.25, 0.3) is 44.5 Å². The smallest absolute Gasteiger partial charge is 0.0726 e. The summed E-state index contributed by atoms with van der Waals surface area (Å²) < 4.78 is 0. The van der Waals surface area contributed by atoms with Gasteiger partial charge >= 0.3 is 0 Å². The second-order valence-electron chi connectivity index (χ2n) is 17.2. The first kappa shape index (κ1) is 31.9. The summed E-state index contributed by atoms with van der Waals surface area (Å²) in [5, 5.41) is 0. The topological polar surface area (TPSA) is 3.24 Å². The average molecular weight is 716 g/mol. The van der Waals surface area contributed by atoms with Crippen molar-refractivity contribution in [3.63, 3.8) is 0 Å². The van der Waals surface area contributed by atoms with Crippen molar-refractivity contribution < 1.29 is 0 Å². The molecule has 0 bridgehead atoms. The van der Waals surface area contributed by atoms with Gasteiger partial charge in [0.2, 0.25) is 0 Å². The van der Waals surface area contributed by atoms with Crippen LogP contribution in [0.5, 0.6) is 0 Å². The zero-order valence-electron chi connectivity index (χ0n) is 32.2. The number of rotatable bonds is 3. The lowest BCUT2D eigenvalue weighted by Gasteiger charge is -2.35. The zero-order chi connectivity index (χ0) is 37.6. The van der Waals surface area contributed by atoms with Crippen LogP contribution in [0.2, 0.25) is 0 Å². The fourth-order valence-electron chi connectivity index (χ4n) is 11.6. The van der Waals surface area contributed by atoms with Gasteiger partial charge in [0.1, 0.15) is 0 Å². The molecule has 8 aromatic carbocycles. The molecular formula is C55H41N. The van der Waals surface area contributed by atoms with Gasteiger partial charge in [-0.15, -0.1) is 0 Å². The molecular weight excluding hydrogens is 675 g/mol. The van der Waals surface area contributed by atoms with E-state index in [-0.39, 0.29) is 10.8 Å². The van der Waals surface area contributed by atoms with Gasteiger partial charge in [0.15, 0.2) is 0 Å². The van der Waals surface area contributed by atoms with Crippen LogP contribution >= 0.6 is 0 Å². The quantitative estimate of drug-likeness (QED) is 0.176. The average Bonchev–Trinajstić information content (AvgIpc) is 3.87. The molecule has 0 saturated heterocycles. The van der Waals surface area contributed by atoms with Gasteiger partial charge in [0, 0.05) is 22.1 Å². The summed E-state index contributed by atoms with van der Waals surface area (Å²) in [5.74, 6) is 0. The molecule has 4 aliphatic carbocycles. The molecule has 0 fully saturated rings. The number of fused-ring (bicyclic) bond motifs is 16. The number of hydrogen-bond acceptors (Lipinski definition) is 1. The highest BCUT2D eigenvalue weighted by Crippen LogP contribution is 2.64. The van der Waals surface area contributed by atoms with Crippen LogP contribution in [0.1, 0.15) is 72.2 Å². The van der Waals surface area contributed by atoms with Crippen molar-refractivity contribution in [2.75, 3.05) is 4.90 Å². The Bertz CT molecular complexity index is 2930. The fraction of sp³-hybridized carbons (Fsp3) is 0.127. The molecule has 0 heterocycles. The Kier molecular flexibility index (Phi) is 6.18. The van der Waals surface area contributed by atoms with E-state index in [4.69, 9.17) is 0 Å². The second kappa shape index (κ2) is 10.9. The standard InChI is InChI=1S/C55H41N/c1-53(2)43-24-11-9-21-41(43)51-47(53)28-16-29-49(51)56(50-30-15-22-40-38-20-5-10-23-42(38)54(3,4)52(40)50)34-31-32-39-37-19-8-14-27-46(37)55(48(39)33-34)44-25-12-6-17-35(44)36-18-7-13-26-45(36)55/h5-33H,1-4H3. The summed E-state index contributed by atoms with van der Waals surface area (Å²) >= 11 is 0. The Hall–Kier alpha value is -6.44. The molecule has 8 aromatic rings. The van der Waals surface area contributed by atoms with Gasteiger partial charge in [0.05, 0.1) is 16.8 Å². The predicted octanol–water partition coefficient (Wildman–Crippen LogP) is 14.1. The summed E-state index contributed by atoms with van der Waals surface area (Å²) in [6, 6.07) is 66.8. The van der Waals surface area contributed by atoms with Gasteiger partial charge in [-0.1, -0.05) is 179 Å². The minimum atomic E-state index is -0.428. The van der Waals surface area contributed by atoms with Gasteiger partial charge in [-0.05, 0) is 108 Å². The summed E-state index contributed by atoms with van der Waals surface area (Å²) in [7, 11) is 0. The van der Waals surface area contributed by atoms with Crippen LogP contribution < -0.4 is 4.90 Å². The van der Waals surface area contributed by atoms with Crippen molar-refractivity contribution >= 4 is 17.1 Å². The van der Waals surface area contributed by atoms with E-state index in [1.165, 1.54) is 106 Å². The molecule has 0 N–H and O–H groups in total. The van der Waals surface area contributed by atoms with Crippen molar-refractivity contribution in [3.05, 3.63) is 220 Å². The number of anilines is 3. The van der Waals surface area contributed by atoms with E-state index in [1.54, 1.807) is 0 Å². The second-order valence-corrected chi connectivity index (χ2v) is 17.2. The molecule has 12 rings (SSSR count). The number of hydrogen-bond donors (Lipinski definition) is 0. The third kappa shape index (κ3) is 3.76. The van der Waals surface area contributed by atoms with Gasteiger partial charge in [-0.2, -0.15) is 0 Å². The molecule has 0 radical (unpaired) electrons. The van der Waals surface area contributed by atoms with Crippen LogP contribution in [0.3, 0.4) is 0 Å². The van der Waals surface area contributed by atoms with Crippen molar-refractivity contribution in [2.24, 2.45) is 0 Å². The van der Waals surface area contributed by atoms with Gasteiger partial charge in [-0.3, -0.25) is 0 Å². The number of benzene rings is 8. The molecule has 0 saturated carbocycles. The molecule has 0 aromatic heterocycles. The molecule has 1 heteroatoms. The lowest BCUT2D eigenvalue weighted by Crippen LogP contribution is -2.26. The molecule has 0 unspecified atom stereocenters. The molecule has 1 nitrogen and oxygen atoms in total. The summed E-state index contributed by atoms with van der Waals surface area (Å²) in [4.78, 5) is 2.62. The van der Waals surface area contributed by atoms with Crippen molar-refractivity contribution in [2.45, 2.75) is 43.9 Å². The van der Waals surface area contributed by atoms with E-state index in [1.807, 2.05) is 0 Å². The van der Waals surface area contributed by atoms with E-state index < -0.39 is 5.41 Å². The largest absolute Gasteiger partial charge is 0.310 e. The number of nitrogens with zero attached hydrogens (tertiary/aromatic N) is 1. The van der Waals surface area contributed by atoms with Crippen LogP contribution in [0, 0.1) is 0 Å². The Morgan fingerprint density at radius 2 is 0.750 bits per heavy atom. The Balaban J connectivity index is 1.19. The van der Waals surface area contributed by atoms with E-state index in [0.717, 1.165) is 0 Å². The minimum absolute atomic E-state index is 0.122. The summed E-state index contributed by atoms with van der Waals surface area (Å²) in [6.45, 7) is 9.59. The highest BCUT2D eigenvalue weighted by atomic mass is 15.2. The minimum Gasteiger partial charge on any atom is -0.310 e. The monoisotopic (exact) mass is 715 g/mol. The molecule has 1 spiro atoms. The Morgan fingerprint density at radius 1 is 0.321 bits per heavy atom. The van der Waals surface area contributed by atoms with Crippen molar-refractivity contribution in [1.29, 1.82) is 0 Å². The lowest BCUT2D eigenvalue weighted by atomic mass is 9.70. The molecule has 266 valence electrons. The first-order valence-corrected chi connectivity index (χ1v) is 20.0. The maximum atomic E-state index is 2.62. The van der Waals surface area contributed by atoms with Crippen LogP contribution in [0.4, 0.5) is 17.1 Å². The zero-order valence-corrected chi connectivity index (χ0v) is 32.2. The molecule has 0 aliphatic heterocycles. The van der Waals surface area contributed by atoms with Crippen LogP contribution in [-0.4, -0.2) is 0 Å². The SMILES string of the molecule is CC1(C)c2ccccc2-c2c(N(c3ccc4c(c3)C3(c5ccccc5-c5ccccc53)c3ccccc3-4)c3cccc4c3C(C)(C)c3ccccc3-4)cccc21. The Morgan fingerprint density at radius 3 is 1.36 bits per heavy atom. The summed E-state index contributed by atoms with van der Waals surface area (Å²) in [5.41, 5.74) is 24.4. The maximum Gasteiger partial charge on any atom is 0.0726 e. The van der Waals surface area contributed by atoms with E-state index in [2.05, 4.69) is 209 Å². The Labute approximate surface area is 329 Å². The van der Waals surface area contributed by atoms with Gasteiger partial charge in [-0.25, -0.2) is 0 Å². The highest BCUT2D eigenvalue weighted by molar-refractivity contribution is 6.00. The van der Waals surface area contributed by atoms with E-state index in [0.29, 0.717) is 0 Å². The third-order valence-electron chi connectivity index (χ3n) is 13.9. The van der Waals surface area contributed by atoms with E-state index >= 15 is 0 Å². The maximum absolute atomic E-state index is 2.62. The molecule has 0 amide bonds. The molecule has 0 atom stereocenters. The summed E-state index contributed by atoms with van der Waals surface area (Å²) in [6.07, 6.45) is 0. The van der Waals surface area contributed by atoms with Crippen molar-refractivity contribution in [3.8, 4) is 44.5 Å². The molecule has 4 aliphatic rings. The van der Waals surface area contributed by atoms with Gasteiger partial charge < -0.3 is 4.90 Å². The lowest BCUT2D eigenvalue weighted by molar-refractivity contribution is 0.659. The van der Waals surface area contributed by atoms with Crippen LogP contribution in [0.15, 0.2) is 176 Å². The third-order valence-corrected chi connectivity index (χ3v) is 13.9. The predicted molar refractivity (Wildman–Crippen MR) is 233 cm³/mol. The fourth-order valence-corrected chi connectivity index (χ4v) is 11.6. The van der Waals surface area contributed by atoms with Crippen LogP contribution in [-0.2, 0) is 16.2 Å². The van der Waals surface area contributed by atoms with E-state index in [9.17, 15) is 0 Å². The molecule has 56 heavy (non-hydrogen) atoms. The first-order chi connectivity index (χ1) is 27.3. The van der Waals surface area contributed by atoms with Gasteiger partial charge in [0.25, 0.3) is 0 Å². The normalized spacial score (nSPS) is 15.9. The first-order valence-electron chi connectivity index (χ1n) is 20.0. The highest BCUT2D eigenvalue weighted by Gasteiger charge is 2.52. The van der Waals surface area contributed by atoms with Crippen molar-refractivity contribution in [1.82, 2.24) is 0 Å².